The first-order valence-electron chi connectivity index (χ1n) is 24.0. The van der Waals surface area contributed by atoms with Crippen molar-refractivity contribution in [1.29, 1.82) is 0 Å². The molecule has 0 amide bonds. The minimum atomic E-state index is -0.133. The smallest absolute Gasteiger partial charge is 0.252 e. The highest BCUT2D eigenvalue weighted by Gasteiger charge is 2.46. The Morgan fingerprint density at radius 1 is 0.394 bits per heavy atom. The van der Waals surface area contributed by atoms with Gasteiger partial charge < -0.3 is 9.80 Å². The van der Waals surface area contributed by atoms with Crippen LogP contribution in [0, 0.1) is 6.92 Å². The van der Waals surface area contributed by atoms with Gasteiger partial charge in [-0.25, -0.2) is 0 Å². The van der Waals surface area contributed by atoms with Crippen molar-refractivity contribution < 1.29 is 0 Å². The van der Waals surface area contributed by atoms with E-state index < -0.39 is 0 Å². The van der Waals surface area contributed by atoms with Crippen LogP contribution in [0.15, 0.2) is 158 Å². The molecule has 0 spiro atoms. The number of aryl methyl sites for hydroxylation is 1. The number of anilines is 6. The van der Waals surface area contributed by atoms with Crippen molar-refractivity contribution in [2.75, 3.05) is 9.80 Å². The van der Waals surface area contributed by atoms with E-state index in [2.05, 4.69) is 244 Å². The van der Waals surface area contributed by atoms with Gasteiger partial charge in [-0.1, -0.05) is 178 Å². The zero-order valence-corrected chi connectivity index (χ0v) is 40.5. The Labute approximate surface area is 393 Å². The van der Waals surface area contributed by atoms with Gasteiger partial charge in [-0.15, -0.1) is 0 Å². The molecule has 66 heavy (non-hydrogen) atoms. The van der Waals surface area contributed by atoms with Crippen LogP contribution in [0.4, 0.5) is 34.1 Å². The topological polar surface area (TPSA) is 6.48 Å². The maximum Gasteiger partial charge on any atom is 0.252 e. The highest BCUT2D eigenvalue weighted by atomic mass is 15.2. The zero-order chi connectivity index (χ0) is 45.8. The molecule has 4 aliphatic rings. The van der Waals surface area contributed by atoms with E-state index in [-0.39, 0.29) is 28.4 Å². The molecular weight excluding hydrogens is 796 g/mol. The fraction of sp³-hybridized carbons (Fsp3) is 0.238. The van der Waals surface area contributed by atoms with Gasteiger partial charge in [0, 0.05) is 45.0 Å². The van der Waals surface area contributed by atoms with E-state index in [0.29, 0.717) is 0 Å². The van der Waals surface area contributed by atoms with E-state index in [1.807, 2.05) is 0 Å². The maximum atomic E-state index is 2.64. The third-order valence-corrected chi connectivity index (χ3v) is 15.9. The fourth-order valence-corrected chi connectivity index (χ4v) is 12.2. The summed E-state index contributed by atoms with van der Waals surface area (Å²) in [6.45, 7) is 26.0. The Bertz CT molecular complexity index is 3370. The predicted molar refractivity (Wildman–Crippen MR) is 283 cm³/mol. The second-order valence-corrected chi connectivity index (χ2v) is 22.7. The van der Waals surface area contributed by atoms with E-state index in [9.17, 15) is 0 Å². The van der Waals surface area contributed by atoms with Crippen LogP contribution in [0.5, 0.6) is 0 Å². The van der Waals surface area contributed by atoms with E-state index in [1.54, 1.807) is 0 Å². The first kappa shape index (κ1) is 40.9. The molecule has 2 aliphatic heterocycles. The van der Waals surface area contributed by atoms with Gasteiger partial charge in [0.15, 0.2) is 0 Å². The molecule has 0 saturated heterocycles. The Balaban J connectivity index is 1.18. The Kier molecular flexibility index (Phi) is 8.51. The van der Waals surface area contributed by atoms with Crippen LogP contribution in [0.25, 0.3) is 33.4 Å². The van der Waals surface area contributed by atoms with Gasteiger partial charge in [0.25, 0.3) is 6.71 Å². The maximum absolute atomic E-state index is 2.64. The molecule has 0 atom stereocenters. The van der Waals surface area contributed by atoms with Crippen molar-refractivity contribution in [2.45, 2.75) is 97.8 Å². The molecule has 0 fully saturated rings. The summed E-state index contributed by atoms with van der Waals surface area (Å²) >= 11 is 0. The van der Waals surface area contributed by atoms with Crippen LogP contribution < -0.4 is 26.2 Å². The Hall–Kier alpha value is -6.58. The number of rotatable bonds is 3. The molecule has 0 radical (unpaired) electrons. The van der Waals surface area contributed by atoms with Crippen molar-refractivity contribution >= 4 is 57.2 Å². The van der Waals surface area contributed by atoms with Crippen molar-refractivity contribution in [1.82, 2.24) is 0 Å². The highest BCUT2D eigenvalue weighted by Crippen LogP contribution is 2.54. The standard InChI is InChI=1S/C63H59BN2/c1-38-18-12-13-19-44(38)39-24-31-55-54(32-39)64-53-30-25-40(60(2,3)4)33-56(53)66(43-27-29-48-46-21-15-17-23-50(46)63(10,11)52(48)37-43)58-35-41(61(5,6)7)34-57(59(58)64)65(55)42-26-28-47-45-20-14-16-22-49(45)62(8,9)51(47)36-42/h12-37H,1-11H3. The quantitative estimate of drug-likeness (QED) is 0.163. The molecule has 2 heterocycles. The third-order valence-electron chi connectivity index (χ3n) is 15.9. The fourth-order valence-electron chi connectivity index (χ4n) is 12.2. The normalized spacial score (nSPS) is 15.7. The lowest BCUT2D eigenvalue weighted by Gasteiger charge is -2.45. The van der Waals surface area contributed by atoms with Gasteiger partial charge in [0.05, 0.1) is 0 Å². The number of hydrogen-bond donors (Lipinski definition) is 0. The number of nitrogens with zero attached hydrogens (tertiary/aromatic N) is 2. The van der Waals surface area contributed by atoms with E-state index in [1.165, 1.54) is 123 Å². The molecule has 2 aliphatic carbocycles. The molecule has 0 bridgehead atoms. The predicted octanol–water partition coefficient (Wildman–Crippen LogP) is 15.0. The largest absolute Gasteiger partial charge is 0.311 e. The molecule has 12 rings (SSSR count). The summed E-state index contributed by atoms with van der Waals surface area (Å²) < 4.78 is 0. The first-order chi connectivity index (χ1) is 31.4. The van der Waals surface area contributed by atoms with Crippen molar-refractivity contribution in [3.63, 3.8) is 0 Å². The monoisotopic (exact) mass is 854 g/mol. The minimum absolute atomic E-state index is 0.00440. The number of benzene rings is 8. The lowest BCUT2D eigenvalue weighted by Crippen LogP contribution is -2.61. The van der Waals surface area contributed by atoms with Crippen molar-refractivity contribution in [2.24, 2.45) is 0 Å². The van der Waals surface area contributed by atoms with E-state index in [4.69, 9.17) is 0 Å². The van der Waals surface area contributed by atoms with Crippen LogP contribution >= 0.6 is 0 Å². The van der Waals surface area contributed by atoms with Crippen LogP contribution in [0.2, 0.25) is 0 Å². The number of fused-ring (bicyclic) bond motifs is 10. The summed E-state index contributed by atoms with van der Waals surface area (Å²) in [5.74, 6) is 0. The van der Waals surface area contributed by atoms with Crippen molar-refractivity contribution in [3.05, 3.63) is 197 Å². The summed E-state index contributed by atoms with van der Waals surface area (Å²) in [4.78, 5) is 5.27. The van der Waals surface area contributed by atoms with Crippen molar-refractivity contribution in [3.8, 4) is 33.4 Å². The Morgan fingerprint density at radius 3 is 1.42 bits per heavy atom. The second-order valence-electron chi connectivity index (χ2n) is 22.7. The molecule has 2 nitrogen and oxygen atoms in total. The first-order valence-corrected chi connectivity index (χ1v) is 24.0. The molecule has 0 unspecified atom stereocenters. The minimum Gasteiger partial charge on any atom is -0.311 e. The average Bonchev–Trinajstić information content (AvgIpc) is 3.66. The summed E-state index contributed by atoms with van der Waals surface area (Å²) in [6, 6.07) is 61.3. The summed E-state index contributed by atoms with van der Waals surface area (Å²) in [7, 11) is 0. The zero-order valence-electron chi connectivity index (χ0n) is 40.5. The lowest BCUT2D eigenvalue weighted by atomic mass is 9.33. The van der Waals surface area contributed by atoms with Crippen LogP contribution in [-0.2, 0) is 21.7 Å². The summed E-state index contributed by atoms with van der Waals surface area (Å²) in [5, 5.41) is 0. The molecule has 0 aromatic heterocycles. The van der Waals surface area contributed by atoms with Crippen LogP contribution in [0.1, 0.15) is 108 Å². The molecule has 8 aromatic rings. The van der Waals surface area contributed by atoms with Gasteiger partial charge in [-0.05, 0) is 155 Å². The summed E-state index contributed by atoms with van der Waals surface area (Å²) in [5.41, 5.74) is 28.5. The van der Waals surface area contributed by atoms with Gasteiger partial charge >= 0.3 is 0 Å². The summed E-state index contributed by atoms with van der Waals surface area (Å²) in [6.07, 6.45) is 0. The molecule has 324 valence electrons. The van der Waals surface area contributed by atoms with Gasteiger partial charge in [-0.3, -0.25) is 0 Å². The van der Waals surface area contributed by atoms with E-state index >= 15 is 0 Å². The molecule has 0 saturated carbocycles. The van der Waals surface area contributed by atoms with Gasteiger partial charge in [0.2, 0.25) is 0 Å². The Morgan fingerprint density at radius 2 is 0.879 bits per heavy atom. The van der Waals surface area contributed by atoms with Crippen LogP contribution in [-0.4, -0.2) is 6.71 Å². The lowest BCUT2D eigenvalue weighted by molar-refractivity contribution is 0.590. The molecule has 0 N–H and O–H groups in total. The molecule has 3 heteroatoms. The van der Waals surface area contributed by atoms with Gasteiger partial charge in [-0.2, -0.15) is 0 Å². The average molecular weight is 855 g/mol. The second kappa shape index (κ2) is 13.7. The number of hydrogen-bond acceptors (Lipinski definition) is 2. The highest BCUT2D eigenvalue weighted by molar-refractivity contribution is 7.00. The third kappa shape index (κ3) is 5.74. The molecule has 8 aromatic carbocycles. The SMILES string of the molecule is Cc1ccccc1-c1ccc2c(c1)B1c3ccc(C(C)(C)C)cc3N(c3ccc4c(c3)C(C)(C)c3ccccc3-4)c3cc(C(C)(C)C)cc(c31)N2c1ccc2c(c1)C(C)(C)c1ccccc1-2. The van der Waals surface area contributed by atoms with Gasteiger partial charge in [0.1, 0.15) is 0 Å². The van der Waals surface area contributed by atoms with E-state index in [0.717, 1.165) is 0 Å². The van der Waals surface area contributed by atoms with Crippen LogP contribution in [0.3, 0.4) is 0 Å². The molecular formula is C63H59BN2.